The van der Waals surface area contributed by atoms with Crippen molar-refractivity contribution in [3.63, 3.8) is 0 Å². The molecule has 0 amide bonds. The molecule has 0 radical (unpaired) electrons. The van der Waals surface area contributed by atoms with Gasteiger partial charge in [0.15, 0.2) is 0 Å². The maximum Gasteiger partial charge on any atom is 0.339 e. The Bertz CT molecular complexity index is 1560. The van der Waals surface area contributed by atoms with Gasteiger partial charge >= 0.3 is 17.9 Å². The molecule has 0 aliphatic carbocycles. The number of carbonyl (C=O) groups is 4. The Morgan fingerprint density at radius 3 is 1.65 bits per heavy atom. The molecule has 8 heteroatoms. The molecule has 0 saturated carbocycles. The van der Waals surface area contributed by atoms with Crippen LogP contribution in [0.5, 0.6) is 23.0 Å². The Kier molecular flexibility index (Phi) is 12.6. The number of allylic oxidation sites excluding steroid dienone is 1. The molecule has 3 aromatic carbocycles. The second-order valence-electron chi connectivity index (χ2n) is 9.48. The van der Waals surface area contributed by atoms with E-state index in [1.165, 1.54) is 13.0 Å². The molecule has 222 valence electrons. The largest absolute Gasteiger partial charge is 0.497 e. The van der Waals surface area contributed by atoms with E-state index in [0.717, 1.165) is 11.8 Å². The van der Waals surface area contributed by atoms with E-state index in [-0.39, 0.29) is 22.6 Å². The number of aldehydes is 1. The number of hydrogen-bond donors (Lipinski definition) is 0. The van der Waals surface area contributed by atoms with Crippen LogP contribution in [0.25, 0.3) is 17.2 Å². The molecule has 8 nitrogen and oxygen atoms in total. The van der Waals surface area contributed by atoms with E-state index in [2.05, 4.69) is 19.7 Å². The van der Waals surface area contributed by atoms with Crippen LogP contribution in [-0.4, -0.2) is 31.3 Å². The monoisotopic (exact) mass is 582 g/mol. The molecule has 0 atom stereocenters. The standard InChI is InChI=1S/C31H28O7.C4H6O/c1-19(2)29(32)36-25-13-9-23(10-14-25)27-16-15-26(18-28(27)38-30(33)20(3)4)37-31(34)21(5)17-22-7-11-24(35-6)12-8-22;1-4(2)3-5/h7-18H,1,3H2,2,4-6H3;3H,1H2,2H3/b21-17+;. The quantitative estimate of drug-likeness (QED) is 0.108. The molecule has 3 rings (SSSR count). The van der Waals surface area contributed by atoms with Gasteiger partial charge in [-0.05, 0) is 86.9 Å². The lowest BCUT2D eigenvalue weighted by Gasteiger charge is -2.13. The molecule has 0 spiro atoms. The summed E-state index contributed by atoms with van der Waals surface area (Å²) in [4.78, 5) is 46.2. The molecule has 0 heterocycles. The van der Waals surface area contributed by atoms with Crippen molar-refractivity contribution in [2.24, 2.45) is 0 Å². The Labute approximate surface area is 251 Å². The van der Waals surface area contributed by atoms with E-state index in [1.807, 2.05) is 12.1 Å². The van der Waals surface area contributed by atoms with Crippen LogP contribution in [-0.2, 0) is 19.2 Å². The Balaban J connectivity index is 0.00000119. The maximum absolute atomic E-state index is 12.7. The van der Waals surface area contributed by atoms with Gasteiger partial charge in [-0.2, -0.15) is 0 Å². The van der Waals surface area contributed by atoms with E-state index in [1.54, 1.807) is 82.5 Å². The zero-order valence-corrected chi connectivity index (χ0v) is 24.9. The third kappa shape index (κ3) is 10.8. The normalized spacial score (nSPS) is 10.3. The SMILES string of the molecule is C=C(C)C(=O)Oc1ccc(-c2ccc(OC(=O)/C(C)=C/c3ccc(OC)cc3)cc2OC(=O)C(=C)C)cc1.C=C(C)C=O. The van der Waals surface area contributed by atoms with Crippen molar-refractivity contribution in [1.29, 1.82) is 0 Å². The highest BCUT2D eigenvalue weighted by atomic mass is 16.5. The predicted octanol–water partition coefficient (Wildman–Crippen LogP) is 7.10. The van der Waals surface area contributed by atoms with Crippen molar-refractivity contribution >= 4 is 30.3 Å². The highest BCUT2D eigenvalue weighted by Crippen LogP contribution is 2.35. The molecule has 0 aromatic heterocycles. The average Bonchev–Trinajstić information content (AvgIpc) is 2.98. The molecule has 0 N–H and O–H groups in total. The fraction of sp³-hybridized carbons (Fsp3) is 0.143. The lowest BCUT2D eigenvalue weighted by Crippen LogP contribution is -2.11. The summed E-state index contributed by atoms with van der Waals surface area (Å²) in [6.07, 6.45) is 2.42. The summed E-state index contributed by atoms with van der Waals surface area (Å²) >= 11 is 0. The van der Waals surface area contributed by atoms with Gasteiger partial charge in [0, 0.05) is 28.3 Å². The van der Waals surface area contributed by atoms with Crippen molar-refractivity contribution in [3.8, 4) is 34.1 Å². The van der Waals surface area contributed by atoms with Crippen molar-refractivity contribution in [3.05, 3.63) is 114 Å². The van der Waals surface area contributed by atoms with Gasteiger partial charge in [-0.3, -0.25) is 4.79 Å². The van der Waals surface area contributed by atoms with E-state index in [9.17, 15) is 19.2 Å². The second kappa shape index (κ2) is 16.1. The van der Waals surface area contributed by atoms with Crippen LogP contribution >= 0.6 is 0 Å². The summed E-state index contributed by atoms with van der Waals surface area (Å²) in [5.74, 6) is -0.304. The molecule has 0 saturated heterocycles. The smallest absolute Gasteiger partial charge is 0.339 e. The minimum absolute atomic E-state index is 0.173. The number of methoxy groups -OCH3 is 1. The van der Waals surface area contributed by atoms with Gasteiger partial charge in [0.1, 0.15) is 29.3 Å². The first-order valence-corrected chi connectivity index (χ1v) is 13.0. The highest BCUT2D eigenvalue weighted by molar-refractivity contribution is 5.95. The van der Waals surface area contributed by atoms with Gasteiger partial charge in [0.05, 0.1) is 7.11 Å². The highest BCUT2D eigenvalue weighted by Gasteiger charge is 2.16. The van der Waals surface area contributed by atoms with Crippen molar-refractivity contribution in [2.75, 3.05) is 7.11 Å². The van der Waals surface area contributed by atoms with Gasteiger partial charge in [0.25, 0.3) is 0 Å². The number of hydrogen-bond acceptors (Lipinski definition) is 8. The molecular formula is C35H34O8. The van der Waals surface area contributed by atoms with Crippen LogP contribution in [0.3, 0.4) is 0 Å². The third-order valence-corrected chi connectivity index (χ3v) is 5.46. The maximum atomic E-state index is 12.7. The molecular weight excluding hydrogens is 548 g/mol. The van der Waals surface area contributed by atoms with E-state index in [4.69, 9.17) is 18.9 Å². The molecule has 0 fully saturated rings. The topological polar surface area (TPSA) is 105 Å². The van der Waals surface area contributed by atoms with Crippen LogP contribution in [0.2, 0.25) is 0 Å². The van der Waals surface area contributed by atoms with Crippen LogP contribution < -0.4 is 18.9 Å². The zero-order valence-electron chi connectivity index (χ0n) is 24.9. The first-order valence-electron chi connectivity index (χ1n) is 13.0. The fourth-order valence-electron chi connectivity index (χ4n) is 3.17. The average molecular weight is 583 g/mol. The lowest BCUT2D eigenvalue weighted by molar-refractivity contribution is -0.131. The second-order valence-corrected chi connectivity index (χ2v) is 9.48. The predicted molar refractivity (Wildman–Crippen MR) is 166 cm³/mol. The Hall–Kier alpha value is -5.50. The third-order valence-electron chi connectivity index (χ3n) is 5.46. The number of ether oxygens (including phenoxy) is 4. The number of benzene rings is 3. The van der Waals surface area contributed by atoms with Crippen LogP contribution in [0.15, 0.2) is 109 Å². The minimum atomic E-state index is -0.627. The number of esters is 3. The molecule has 0 unspecified atom stereocenters. The first kappa shape index (κ1) is 33.7. The summed E-state index contributed by atoms with van der Waals surface area (Å²) < 4.78 is 21.5. The summed E-state index contributed by atoms with van der Waals surface area (Å²) in [5, 5.41) is 0. The summed E-state index contributed by atoms with van der Waals surface area (Å²) in [7, 11) is 1.58. The molecule has 0 aliphatic rings. The van der Waals surface area contributed by atoms with Crippen molar-refractivity contribution in [2.45, 2.75) is 27.7 Å². The summed E-state index contributed by atoms with van der Waals surface area (Å²) in [6, 6.07) is 18.6. The van der Waals surface area contributed by atoms with Crippen LogP contribution in [0.1, 0.15) is 33.3 Å². The van der Waals surface area contributed by atoms with Crippen molar-refractivity contribution in [1.82, 2.24) is 0 Å². The first-order chi connectivity index (χ1) is 20.3. The number of carbonyl (C=O) groups excluding carboxylic acids is 4. The van der Waals surface area contributed by atoms with Gasteiger partial charge in [-0.15, -0.1) is 0 Å². The zero-order chi connectivity index (χ0) is 32.1. The number of rotatable bonds is 10. The fourth-order valence-corrected chi connectivity index (χ4v) is 3.17. The van der Waals surface area contributed by atoms with Crippen LogP contribution in [0.4, 0.5) is 0 Å². The molecule has 43 heavy (non-hydrogen) atoms. The van der Waals surface area contributed by atoms with Crippen molar-refractivity contribution < 1.29 is 38.1 Å². The summed E-state index contributed by atoms with van der Waals surface area (Å²) in [6.45, 7) is 16.9. The molecule has 0 bridgehead atoms. The summed E-state index contributed by atoms with van der Waals surface area (Å²) in [5.41, 5.74) is 3.48. The Morgan fingerprint density at radius 1 is 0.651 bits per heavy atom. The molecule has 0 aliphatic heterocycles. The van der Waals surface area contributed by atoms with Gasteiger partial charge < -0.3 is 18.9 Å². The van der Waals surface area contributed by atoms with Gasteiger partial charge in [-0.25, -0.2) is 14.4 Å². The van der Waals surface area contributed by atoms with E-state index in [0.29, 0.717) is 33.8 Å². The van der Waals surface area contributed by atoms with E-state index >= 15 is 0 Å². The molecule has 3 aromatic rings. The van der Waals surface area contributed by atoms with E-state index < -0.39 is 17.9 Å². The van der Waals surface area contributed by atoms with Gasteiger partial charge in [0.2, 0.25) is 0 Å². The lowest BCUT2D eigenvalue weighted by atomic mass is 10.0. The van der Waals surface area contributed by atoms with Gasteiger partial charge in [-0.1, -0.05) is 44.0 Å². The Morgan fingerprint density at radius 2 is 1.14 bits per heavy atom. The minimum Gasteiger partial charge on any atom is -0.497 e. The van der Waals surface area contributed by atoms with Crippen LogP contribution in [0, 0.1) is 0 Å².